The van der Waals surface area contributed by atoms with E-state index in [0.717, 1.165) is 4.57 Å². The van der Waals surface area contributed by atoms with E-state index in [1.165, 1.54) is 18.2 Å². The molecule has 0 atom stereocenters. The van der Waals surface area contributed by atoms with Gasteiger partial charge in [0.1, 0.15) is 0 Å². The minimum absolute atomic E-state index is 0.179. The highest BCUT2D eigenvalue weighted by molar-refractivity contribution is 6.31. The van der Waals surface area contributed by atoms with Crippen LogP contribution in [-0.2, 0) is 17.8 Å². The maximum Gasteiger partial charge on any atom is 0.390 e. The van der Waals surface area contributed by atoms with Crippen LogP contribution in [0.4, 0.5) is 13.2 Å². The summed E-state index contributed by atoms with van der Waals surface area (Å²) in [5, 5.41) is 11.2. The van der Waals surface area contributed by atoms with E-state index in [2.05, 4.69) is 4.99 Å². The molecule has 1 amide bonds. The predicted molar refractivity (Wildman–Crippen MR) is 83.8 cm³/mol. The van der Waals surface area contributed by atoms with Crippen molar-refractivity contribution in [3.05, 3.63) is 28.9 Å². The summed E-state index contributed by atoms with van der Waals surface area (Å²) in [6.45, 7) is -0.550. The maximum atomic E-state index is 12.5. The first kappa shape index (κ1) is 17.9. The molecule has 1 aromatic heterocycles. The summed E-state index contributed by atoms with van der Waals surface area (Å²) >= 11 is 5.85. The number of amides is 1. The molecule has 1 aromatic carbocycles. The Bertz CT molecular complexity index is 810. The molecule has 0 saturated carbocycles. The molecule has 0 fully saturated rings. The van der Waals surface area contributed by atoms with Gasteiger partial charge in [0.25, 0.3) is 5.91 Å². The lowest BCUT2D eigenvalue weighted by atomic mass is 10.1. The number of alkyl halides is 3. The molecule has 0 saturated heterocycles. The van der Waals surface area contributed by atoms with Crippen LogP contribution in [0.5, 0.6) is 5.88 Å². The zero-order chi connectivity index (χ0) is 18.1. The Morgan fingerprint density at radius 2 is 1.96 bits per heavy atom. The lowest BCUT2D eigenvalue weighted by Gasteiger charge is -2.11. The van der Waals surface area contributed by atoms with E-state index in [-0.39, 0.29) is 17.5 Å². The lowest BCUT2D eigenvalue weighted by Crippen LogP contribution is -2.25. The number of nitrogens with zero attached hydrogens (tertiary/aromatic N) is 2. The molecule has 6 nitrogen and oxygen atoms in total. The third-order valence-electron chi connectivity index (χ3n) is 3.31. The van der Waals surface area contributed by atoms with Crippen LogP contribution in [0.15, 0.2) is 23.2 Å². The van der Waals surface area contributed by atoms with Gasteiger partial charge in [0, 0.05) is 28.0 Å². The van der Waals surface area contributed by atoms with Crippen LogP contribution in [0.1, 0.15) is 12.1 Å². The molecule has 2 aromatic rings. The second-order valence-electron chi connectivity index (χ2n) is 5.08. The van der Waals surface area contributed by atoms with E-state index in [1.807, 2.05) is 0 Å². The van der Waals surface area contributed by atoms with Crippen LogP contribution in [0.25, 0.3) is 10.8 Å². The fourth-order valence-corrected chi connectivity index (χ4v) is 2.54. The minimum atomic E-state index is -4.42. The van der Waals surface area contributed by atoms with E-state index in [0.29, 0.717) is 10.4 Å². The summed E-state index contributed by atoms with van der Waals surface area (Å²) in [6.07, 6.45) is -5.95. The van der Waals surface area contributed by atoms with Gasteiger partial charge >= 0.3 is 6.18 Å². The van der Waals surface area contributed by atoms with Gasteiger partial charge in [-0.15, -0.1) is 0 Å². The normalized spacial score (nSPS) is 11.7. The monoisotopic (exact) mass is 362 g/mol. The van der Waals surface area contributed by atoms with Gasteiger partial charge in [0.15, 0.2) is 11.8 Å². The van der Waals surface area contributed by atoms with Gasteiger partial charge in [-0.1, -0.05) is 17.7 Å². The first-order valence-corrected chi connectivity index (χ1v) is 7.15. The Labute approximate surface area is 139 Å². The number of hydrogen-bond acceptors (Lipinski definition) is 2. The standard InChI is InChI=1S/C14H14ClF3N4O2/c15-7-1-2-8-9(5-7)12(24)22(4-3-14(16,17)18)10(8)6-11(23)21-13(19)20/h1-2,5,24H,3-4,6H2,(H4,19,20,21,23). The summed E-state index contributed by atoms with van der Waals surface area (Å²) in [6, 6.07) is 4.43. The third-order valence-corrected chi connectivity index (χ3v) is 3.54. The first-order valence-electron chi connectivity index (χ1n) is 6.77. The summed E-state index contributed by atoms with van der Waals surface area (Å²) in [5.41, 5.74) is 10.4. The average molecular weight is 363 g/mol. The number of carbonyl (C=O) groups is 1. The molecule has 0 aliphatic carbocycles. The lowest BCUT2D eigenvalue weighted by molar-refractivity contribution is -0.136. The average Bonchev–Trinajstić information content (AvgIpc) is 2.67. The van der Waals surface area contributed by atoms with Crippen molar-refractivity contribution >= 4 is 34.2 Å². The van der Waals surface area contributed by atoms with Crippen molar-refractivity contribution in [3.63, 3.8) is 0 Å². The number of rotatable bonds is 4. The van der Waals surface area contributed by atoms with Gasteiger partial charge in [0.2, 0.25) is 0 Å². The number of aliphatic imine (C=N–C) groups is 1. The topological polar surface area (TPSA) is 107 Å². The molecule has 0 bridgehead atoms. The van der Waals surface area contributed by atoms with Crippen LogP contribution in [0.2, 0.25) is 5.02 Å². The first-order chi connectivity index (χ1) is 11.1. The zero-order valence-corrected chi connectivity index (χ0v) is 13.0. The number of guanidine groups is 1. The molecular weight excluding hydrogens is 349 g/mol. The van der Waals surface area contributed by atoms with Crippen molar-refractivity contribution < 1.29 is 23.1 Å². The molecule has 0 aliphatic rings. The van der Waals surface area contributed by atoms with Gasteiger partial charge in [-0.2, -0.15) is 18.2 Å². The number of halogens is 4. The molecule has 0 radical (unpaired) electrons. The van der Waals surface area contributed by atoms with E-state index in [9.17, 15) is 23.1 Å². The summed E-state index contributed by atoms with van der Waals surface area (Å²) in [4.78, 5) is 15.2. The molecule has 130 valence electrons. The second kappa shape index (κ2) is 6.60. The molecular formula is C14H14ClF3N4O2. The third kappa shape index (κ3) is 4.10. The molecule has 0 spiro atoms. The Balaban J connectivity index is 2.52. The molecule has 0 unspecified atom stereocenters. The minimum Gasteiger partial charge on any atom is -0.494 e. The predicted octanol–water partition coefficient (Wildman–Crippen LogP) is 2.30. The van der Waals surface area contributed by atoms with E-state index in [1.54, 1.807) is 0 Å². The Kier molecular flexibility index (Phi) is 4.93. The zero-order valence-electron chi connectivity index (χ0n) is 12.3. The van der Waals surface area contributed by atoms with Crippen LogP contribution < -0.4 is 11.5 Å². The summed E-state index contributed by atoms with van der Waals surface area (Å²) in [5.74, 6) is -1.59. The largest absolute Gasteiger partial charge is 0.494 e. The van der Waals surface area contributed by atoms with E-state index >= 15 is 0 Å². The van der Waals surface area contributed by atoms with Crippen molar-refractivity contribution in [3.8, 4) is 5.88 Å². The second-order valence-corrected chi connectivity index (χ2v) is 5.52. The number of nitrogens with two attached hydrogens (primary N) is 2. The number of fused-ring (bicyclic) bond motifs is 1. The number of hydrogen-bond donors (Lipinski definition) is 3. The van der Waals surface area contributed by atoms with Gasteiger partial charge in [-0.25, -0.2) is 0 Å². The van der Waals surface area contributed by atoms with Crippen molar-refractivity contribution in [2.75, 3.05) is 0 Å². The van der Waals surface area contributed by atoms with Crippen LogP contribution in [-0.4, -0.2) is 27.7 Å². The highest BCUT2D eigenvalue weighted by atomic mass is 35.5. The smallest absolute Gasteiger partial charge is 0.390 e. The molecule has 1 heterocycles. The maximum absolute atomic E-state index is 12.5. The van der Waals surface area contributed by atoms with Crippen molar-refractivity contribution in [1.29, 1.82) is 0 Å². The Morgan fingerprint density at radius 3 is 2.54 bits per heavy atom. The van der Waals surface area contributed by atoms with Gasteiger partial charge < -0.3 is 21.1 Å². The SMILES string of the molecule is NC(N)=NC(=O)Cc1c2ccc(Cl)cc2c(O)n1CCC(F)(F)F. The number of carbonyl (C=O) groups excluding carboxylic acids is 1. The van der Waals surface area contributed by atoms with Gasteiger partial charge in [-0.3, -0.25) is 4.79 Å². The van der Waals surface area contributed by atoms with Crippen LogP contribution >= 0.6 is 11.6 Å². The molecule has 0 aliphatic heterocycles. The fraction of sp³-hybridized carbons (Fsp3) is 0.286. The Morgan fingerprint density at radius 1 is 1.29 bits per heavy atom. The van der Waals surface area contributed by atoms with E-state index < -0.39 is 36.9 Å². The highest BCUT2D eigenvalue weighted by Gasteiger charge is 2.28. The Hall–Kier alpha value is -2.42. The molecule has 10 heteroatoms. The van der Waals surface area contributed by atoms with Crippen molar-refractivity contribution in [2.45, 2.75) is 25.6 Å². The van der Waals surface area contributed by atoms with Crippen molar-refractivity contribution in [2.24, 2.45) is 16.5 Å². The number of aromatic nitrogens is 1. The fourth-order valence-electron chi connectivity index (χ4n) is 2.37. The van der Waals surface area contributed by atoms with Crippen molar-refractivity contribution in [1.82, 2.24) is 4.57 Å². The quantitative estimate of drug-likeness (QED) is 0.573. The molecule has 5 N–H and O–H groups in total. The number of aromatic hydroxyl groups is 1. The number of benzene rings is 1. The molecule has 24 heavy (non-hydrogen) atoms. The molecule has 2 rings (SSSR count). The van der Waals surface area contributed by atoms with Crippen LogP contribution in [0.3, 0.4) is 0 Å². The summed E-state index contributed by atoms with van der Waals surface area (Å²) < 4.78 is 38.6. The highest BCUT2D eigenvalue weighted by Crippen LogP contribution is 2.35. The van der Waals surface area contributed by atoms with E-state index in [4.69, 9.17) is 23.1 Å². The summed E-state index contributed by atoms with van der Waals surface area (Å²) in [7, 11) is 0. The van der Waals surface area contributed by atoms with Gasteiger partial charge in [0.05, 0.1) is 12.8 Å². The van der Waals surface area contributed by atoms with Crippen LogP contribution in [0, 0.1) is 0 Å². The van der Waals surface area contributed by atoms with Gasteiger partial charge in [-0.05, 0) is 12.1 Å².